The Bertz CT molecular complexity index is 832. The number of carbonyl (C=O) groups excluding carboxylic acids is 1. The van der Waals surface area contributed by atoms with Crippen LogP contribution in [0.15, 0.2) is 30.3 Å². The summed E-state index contributed by atoms with van der Waals surface area (Å²) in [6, 6.07) is 9.41. The van der Waals surface area contributed by atoms with Crippen LogP contribution in [-0.4, -0.2) is 23.3 Å². The monoisotopic (exact) mass is 410 g/mol. The normalized spacial score (nSPS) is 46.6. The Morgan fingerprint density at radius 2 is 1.73 bits per heavy atom. The molecule has 5 rings (SSSR count). The van der Waals surface area contributed by atoms with Crippen molar-refractivity contribution in [1.29, 1.82) is 0 Å². The van der Waals surface area contributed by atoms with Gasteiger partial charge in [0.15, 0.2) is 0 Å². The van der Waals surface area contributed by atoms with Gasteiger partial charge in [0.05, 0.1) is 11.7 Å². The van der Waals surface area contributed by atoms with E-state index in [1.807, 2.05) is 30.3 Å². The van der Waals surface area contributed by atoms with E-state index in [-0.39, 0.29) is 45.8 Å². The summed E-state index contributed by atoms with van der Waals surface area (Å²) in [5.41, 5.74) is 1.38. The number of fused-ring (bicyclic) bond motifs is 2. The van der Waals surface area contributed by atoms with Gasteiger partial charge in [-0.3, -0.25) is 0 Å². The molecule has 0 radical (unpaired) electrons. The van der Waals surface area contributed by atoms with E-state index >= 15 is 0 Å². The third-order valence-electron chi connectivity index (χ3n) is 10.4. The summed E-state index contributed by atoms with van der Waals surface area (Å²) in [5.74, 6) is 0.626. The minimum Gasteiger partial charge on any atom is -0.458 e. The van der Waals surface area contributed by atoms with Crippen molar-refractivity contribution < 1.29 is 14.6 Å². The first-order valence-electron chi connectivity index (χ1n) is 12.1. The van der Waals surface area contributed by atoms with E-state index in [4.69, 9.17) is 4.74 Å². The van der Waals surface area contributed by atoms with Crippen LogP contribution >= 0.6 is 0 Å². The van der Waals surface area contributed by atoms with Crippen LogP contribution in [0, 0.1) is 33.5 Å². The van der Waals surface area contributed by atoms with Crippen LogP contribution in [0.3, 0.4) is 0 Å². The van der Waals surface area contributed by atoms with Gasteiger partial charge in [0, 0.05) is 5.92 Å². The maximum absolute atomic E-state index is 13.1. The first-order valence-corrected chi connectivity index (χ1v) is 12.1. The van der Waals surface area contributed by atoms with Gasteiger partial charge in [0.1, 0.15) is 6.10 Å². The molecule has 3 heteroatoms. The molecule has 0 aromatic heterocycles. The molecule has 0 amide bonds. The fourth-order valence-electron chi connectivity index (χ4n) is 8.78. The number of aliphatic hydroxyl groups is 1. The lowest BCUT2D eigenvalue weighted by atomic mass is 9.37. The highest BCUT2D eigenvalue weighted by molar-refractivity contribution is 5.89. The second-order valence-electron chi connectivity index (χ2n) is 12.2. The Hall–Kier alpha value is -1.35. The summed E-state index contributed by atoms with van der Waals surface area (Å²) in [5, 5.41) is 11.1. The summed E-state index contributed by atoms with van der Waals surface area (Å²) in [7, 11) is 0. The molecule has 1 aromatic rings. The molecule has 4 aliphatic rings. The Balaban J connectivity index is 1.55. The Morgan fingerprint density at radius 1 is 1.00 bits per heavy atom. The number of hydrogen-bond donors (Lipinski definition) is 1. The SMILES string of the molecule is CC1(C)CCC[C@@]2(C)[C@H]1C[C@H](OC(=O)c1ccccc1)[C@H]1C[C@@H](O)[C@@]3(C)CC[C@]12C3. The number of ether oxygens (including phenoxy) is 1. The van der Waals surface area contributed by atoms with Crippen molar-refractivity contribution in [2.75, 3.05) is 0 Å². The molecule has 1 spiro atoms. The average molecular weight is 411 g/mol. The lowest BCUT2D eigenvalue weighted by molar-refractivity contribution is -0.224. The first kappa shape index (κ1) is 20.5. The summed E-state index contributed by atoms with van der Waals surface area (Å²) in [6.45, 7) is 9.74. The Morgan fingerprint density at radius 3 is 2.47 bits per heavy atom. The number of hydrogen-bond acceptors (Lipinski definition) is 3. The molecular weight excluding hydrogens is 372 g/mol. The van der Waals surface area contributed by atoms with Crippen LogP contribution < -0.4 is 0 Å². The highest BCUT2D eigenvalue weighted by Gasteiger charge is 2.71. The molecule has 0 aliphatic heterocycles. The molecule has 0 heterocycles. The molecule has 7 atom stereocenters. The van der Waals surface area contributed by atoms with Crippen LogP contribution in [0.4, 0.5) is 0 Å². The zero-order valence-corrected chi connectivity index (χ0v) is 19.1. The fourth-order valence-corrected chi connectivity index (χ4v) is 8.78. The molecule has 1 aromatic carbocycles. The van der Waals surface area contributed by atoms with E-state index in [0.29, 0.717) is 11.5 Å². The van der Waals surface area contributed by atoms with Gasteiger partial charge >= 0.3 is 5.97 Å². The maximum Gasteiger partial charge on any atom is 0.338 e. The Labute approximate surface area is 181 Å². The molecule has 2 bridgehead atoms. The van der Waals surface area contributed by atoms with E-state index < -0.39 is 0 Å². The van der Waals surface area contributed by atoms with E-state index in [1.165, 1.54) is 25.7 Å². The third-order valence-corrected chi connectivity index (χ3v) is 10.4. The number of benzene rings is 1. The molecule has 30 heavy (non-hydrogen) atoms. The lowest BCUT2D eigenvalue weighted by Gasteiger charge is -2.68. The zero-order chi connectivity index (χ0) is 21.4. The van der Waals surface area contributed by atoms with E-state index in [2.05, 4.69) is 27.7 Å². The first-order chi connectivity index (χ1) is 14.1. The van der Waals surface area contributed by atoms with Crippen molar-refractivity contribution in [3.8, 4) is 0 Å². The van der Waals surface area contributed by atoms with Crippen LogP contribution in [0.25, 0.3) is 0 Å². The molecular formula is C27H38O3. The number of esters is 1. The molecule has 164 valence electrons. The van der Waals surface area contributed by atoms with Crippen molar-refractivity contribution in [3.63, 3.8) is 0 Å². The van der Waals surface area contributed by atoms with Crippen molar-refractivity contribution in [3.05, 3.63) is 35.9 Å². The highest BCUT2D eigenvalue weighted by Crippen LogP contribution is 2.76. The number of aliphatic hydroxyl groups excluding tert-OH is 1. The van der Waals surface area contributed by atoms with Gasteiger partial charge in [-0.2, -0.15) is 0 Å². The standard InChI is InChI=1S/C27H38O3/c1-24(2)11-8-12-26(4)21(24)16-20(30-23(29)18-9-6-5-7-10-18)19-15-22(28)25(3)13-14-27(19,26)17-25/h5-7,9-10,19-22,28H,8,11-17H2,1-4H3/t19-,20+,21+,22-,25+,26+,27+/m1/s1. The van der Waals surface area contributed by atoms with E-state index in [9.17, 15) is 9.90 Å². The average Bonchev–Trinajstić information content (AvgIpc) is 3.02. The minimum atomic E-state index is -0.284. The summed E-state index contributed by atoms with van der Waals surface area (Å²) in [4.78, 5) is 13.1. The number of carbonyl (C=O) groups is 1. The number of rotatable bonds is 2. The third kappa shape index (κ3) is 2.70. The van der Waals surface area contributed by atoms with Crippen LogP contribution in [0.2, 0.25) is 0 Å². The van der Waals surface area contributed by atoms with Gasteiger partial charge < -0.3 is 9.84 Å². The van der Waals surface area contributed by atoms with E-state index in [1.54, 1.807) is 0 Å². The molecule has 3 nitrogen and oxygen atoms in total. The van der Waals surface area contributed by atoms with Crippen LogP contribution in [-0.2, 0) is 4.74 Å². The fraction of sp³-hybridized carbons (Fsp3) is 0.741. The Kier molecular flexibility index (Phi) is 4.50. The second kappa shape index (κ2) is 6.58. The minimum absolute atomic E-state index is 0.0248. The van der Waals surface area contributed by atoms with Gasteiger partial charge in [-0.05, 0) is 84.7 Å². The van der Waals surface area contributed by atoms with Gasteiger partial charge in [0.2, 0.25) is 0 Å². The van der Waals surface area contributed by atoms with Gasteiger partial charge in [-0.1, -0.05) is 52.3 Å². The highest BCUT2D eigenvalue weighted by atomic mass is 16.5. The smallest absolute Gasteiger partial charge is 0.338 e. The summed E-state index contributed by atoms with van der Waals surface area (Å²) in [6.07, 6.45) is 8.55. The summed E-state index contributed by atoms with van der Waals surface area (Å²) >= 11 is 0. The van der Waals surface area contributed by atoms with Crippen LogP contribution in [0.1, 0.15) is 89.4 Å². The van der Waals surface area contributed by atoms with Crippen molar-refractivity contribution >= 4 is 5.97 Å². The van der Waals surface area contributed by atoms with Gasteiger partial charge in [-0.15, -0.1) is 0 Å². The van der Waals surface area contributed by atoms with Gasteiger partial charge in [0.25, 0.3) is 0 Å². The van der Waals surface area contributed by atoms with Crippen molar-refractivity contribution in [2.45, 2.75) is 91.3 Å². The van der Waals surface area contributed by atoms with Crippen molar-refractivity contribution in [1.82, 2.24) is 0 Å². The largest absolute Gasteiger partial charge is 0.458 e. The van der Waals surface area contributed by atoms with E-state index in [0.717, 1.165) is 25.7 Å². The molecule has 0 saturated heterocycles. The molecule has 4 aliphatic carbocycles. The maximum atomic E-state index is 13.1. The topological polar surface area (TPSA) is 46.5 Å². The molecule has 4 fully saturated rings. The summed E-state index contributed by atoms with van der Waals surface area (Å²) < 4.78 is 6.31. The van der Waals surface area contributed by atoms with Crippen molar-refractivity contribution in [2.24, 2.45) is 33.5 Å². The quantitative estimate of drug-likeness (QED) is 0.608. The zero-order valence-electron chi connectivity index (χ0n) is 19.1. The second-order valence-corrected chi connectivity index (χ2v) is 12.2. The van der Waals surface area contributed by atoms with Gasteiger partial charge in [-0.25, -0.2) is 4.79 Å². The molecule has 0 unspecified atom stereocenters. The molecule has 4 saturated carbocycles. The predicted molar refractivity (Wildman–Crippen MR) is 118 cm³/mol. The predicted octanol–water partition coefficient (Wildman–Crippen LogP) is 6.01. The van der Waals surface area contributed by atoms with Crippen LogP contribution in [0.5, 0.6) is 0 Å². The molecule has 1 N–H and O–H groups in total. The lowest BCUT2D eigenvalue weighted by Crippen LogP contribution is -2.64.